The fraction of sp³-hybridized carbons (Fsp3) is 0.238. The third-order valence-electron chi connectivity index (χ3n) is 4.13. The molecular formula is C21H24N4O. The molecule has 0 saturated carbocycles. The van der Waals surface area contributed by atoms with Gasteiger partial charge in [-0.1, -0.05) is 37.3 Å². The van der Waals surface area contributed by atoms with Gasteiger partial charge in [-0.2, -0.15) is 0 Å². The van der Waals surface area contributed by atoms with Crippen LogP contribution in [0.1, 0.15) is 23.9 Å². The predicted octanol–water partition coefficient (Wildman–Crippen LogP) is 4.71. The van der Waals surface area contributed by atoms with Crippen LogP contribution < -0.4 is 15.4 Å². The van der Waals surface area contributed by atoms with Gasteiger partial charge in [-0.05, 0) is 37.1 Å². The number of para-hydroxylation sites is 1. The standard InChI is InChI=1S/C21H24N4O/c1-4-16-9-11-18(12-10-16)25-21-13-20(23-15(2)24-21)22-14-17-7-5-6-8-19(17)26-3/h5-13H,4,14H2,1-3H3,(H2,22,23,24,25). The Balaban J connectivity index is 1.72. The van der Waals surface area contributed by atoms with Crippen molar-refractivity contribution in [1.82, 2.24) is 9.97 Å². The maximum atomic E-state index is 5.39. The van der Waals surface area contributed by atoms with Crippen molar-refractivity contribution in [3.63, 3.8) is 0 Å². The first-order chi connectivity index (χ1) is 12.7. The van der Waals surface area contributed by atoms with E-state index in [-0.39, 0.29) is 0 Å². The Morgan fingerprint density at radius 1 is 0.962 bits per heavy atom. The first-order valence-electron chi connectivity index (χ1n) is 8.75. The van der Waals surface area contributed by atoms with Crippen molar-refractivity contribution in [3.8, 4) is 5.75 Å². The number of hydrogen-bond donors (Lipinski definition) is 2. The van der Waals surface area contributed by atoms with Crippen molar-refractivity contribution >= 4 is 17.3 Å². The van der Waals surface area contributed by atoms with Crippen LogP contribution in [0.5, 0.6) is 5.75 Å². The third-order valence-corrected chi connectivity index (χ3v) is 4.13. The van der Waals surface area contributed by atoms with Crippen LogP contribution in [0.4, 0.5) is 17.3 Å². The zero-order valence-electron chi connectivity index (χ0n) is 15.4. The highest BCUT2D eigenvalue weighted by atomic mass is 16.5. The quantitative estimate of drug-likeness (QED) is 0.647. The molecule has 2 N–H and O–H groups in total. The Morgan fingerprint density at radius 2 is 1.69 bits per heavy atom. The molecule has 0 saturated heterocycles. The Morgan fingerprint density at radius 3 is 2.42 bits per heavy atom. The van der Waals surface area contributed by atoms with Crippen molar-refractivity contribution in [1.29, 1.82) is 0 Å². The van der Waals surface area contributed by atoms with E-state index in [2.05, 4.69) is 51.8 Å². The van der Waals surface area contributed by atoms with Crippen molar-refractivity contribution in [2.45, 2.75) is 26.8 Å². The summed E-state index contributed by atoms with van der Waals surface area (Å²) >= 11 is 0. The van der Waals surface area contributed by atoms with E-state index in [9.17, 15) is 0 Å². The van der Waals surface area contributed by atoms with Gasteiger partial charge < -0.3 is 15.4 Å². The Bertz CT molecular complexity index is 862. The number of hydrogen-bond acceptors (Lipinski definition) is 5. The summed E-state index contributed by atoms with van der Waals surface area (Å²) in [5, 5.41) is 6.69. The highest BCUT2D eigenvalue weighted by Gasteiger charge is 2.05. The van der Waals surface area contributed by atoms with Gasteiger partial charge in [0.2, 0.25) is 0 Å². The van der Waals surface area contributed by atoms with E-state index in [0.717, 1.165) is 35.1 Å². The molecule has 5 nitrogen and oxygen atoms in total. The van der Waals surface area contributed by atoms with Gasteiger partial charge in [0, 0.05) is 23.9 Å². The molecule has 3 aromatic rings. The number of methoxy groups -OCH3 is 1. The van der Waals surface area contributed by atoms with Gasteiger partial charge in [0.15, 0.2) is 0 Å². The number of anilines is 3. The monoisotopic (exact) mass is 348 g/mol. The highest BCUT2D eigenvalue weighted by molar-refractivity contribution is 5.59. The first kappa shape index (κ1) is 17.7. The molecule has 0 amide bonds. The van der Waals surface area contributed by atoms with Gasteiger partial charge >= 0.3 is 0 Å². The number of rotatable bonds is 7. The molecule has 3 rings (SSSR count). The molecule has 0 bridgehead atoms. The van der Waals surface area contributed by atoms with Crippen molar-refractivity contribution < 1.29 is 4.74 Å². The molecule has 0 fully saturated rings. The summed E-state index contributed by atoms with van der Waals surface area (Å²) in [4.78, 5) is 8.94. The van der Waals surface area contributed by atoms with Crippen molar-refractivity contribution in [2.24, 2.45) is 0 Å². The van der Waals surface area contributed by atoms with Crippen LogP contribution >= 0.6 is 0 Å². The molecule has 26 heavy (non-hydrogen) atoms. The van der Waals surface area contributed by atoms with Crippen molar-refractivity contribution in [2.75, 3.05) is 17.7 Å². The minimum absolute atomic E-state index is 0.630. The number of benzene rings is 2. The van der Waals surface area contributed by atoms with E-state index in [1.807, 2.05) is 37.3 Å². The minimum Gasteiger partial charge on any atom is -0.496 e. The molecule has 5 heteroatoms. The molecule has 1 aromatic heterocycles. The molecule has 0 spiro atoms. The van der Waals surface area contributed by atoms with E-state index in [1.165, 1.54) is 5.56 Å². The Hall–Kier alpha value is -3.08. The second kappa shape index (κ2) is 8.34. The fourth-order valence-electron chi connectivity index (χ4n) is 2.73. The number of aromatic nitrogens is 2. The molecule has 0 radical (unpaired) electrons. The second-order valence-electron chi connectivity index (χ2n) is 6.03. The number of nitrogens with one attached hydrogen (secondary N) is 2. The van der Waals surface area contributed by atoms with Crippen LogP contribution in [0.15, 0.2) is 54.6 Å². The van der Waals surface area contributed by atoms with Gasteiger partial charge in [-0.3, -0.25) is 0 Å². The molecule has 0 aliphatic carbocycles. The summed E-state index contributed by atoms with van der Waals surface area (Å²) in [6.07, 6.45) is 1.03. The number of nitrogens with zero attached hydrogens (tertiary/aromatic N) is 2. The van der Waals surface area contributed by atoms with Gasteiger partial charge in [0.25, 0.3) is 0 Å². The molecule has 0 aliphatic rings. The SMILES string of the molecule is CCc1ccc(Nc2cc(NCc3ccccc3OC)nc(C)n2)cc1. The molecule has 0 unspecified atom stereocenters. The van der Waals surface area contributed by atoms with Gasteiger partial charge in [-0.15, -0.1) is 0 Å². The van der Waals surface area contributed by atoms with E-state index in [1.54, 1.807) is 7.11 Å². The van der Waals surface area contributed by atoms with Crippen LogP contribution in [-0.2, 0) is 13.0 Å². The fourth-order valence-corrected chi connectivity index (χ4v) is 2.73. The molecule has 134 valence electrons. The van der Waals surface area contributed by atoms with Crippen LogP contribution in [0.3, 0.4) is 0 Å². The first-order valence-corrected chi connectivity index (χ1v) is 8.75. The van der Waals surface area contributed by atoms with Crippen LogP contribution in [0.2, 0.25) is 0 Å². The van der Waals surface area contributed by atoms with E-state index in [0.29, 0.717) is 12.4 Å². The number of aryl methyl sites for hydroxylation is 2. The Labute approximate surface area is 154 Å². The zero-order valence-corrected chi connectivity index (χ0v) is 15.4. The third kappa shape index (κ3) is 4.51. The lowest BCUT2D eigenvalue weighted by molar-refractivity contribution is 0.410. The molecule has 1 heterocycles. The minimum atomic E-state index is 0.630. The zero-order chi connectivity index (χ0) is 18.4. The normalized spacial score (nSPS) is 10.4. The summed E-state index contributed by atoms with van der Waals surface area (Å²) in [5.41, 5.74) is 3.40. The number of ether oxygens (including phenoxy) is 1. The van der Waals surface area contributed by atoms with Crippen LogP contribution in [-0.4, -0.2) is 17.1 Å². The average Bonchev–Trinajstić information content (AvgIpc) is 2.67. The summed E-state index contributed by atoms with van der Waals surface area (Å²) in [7, 11) is 1.68. The molecular weight excluding hydrogens is 324 g/mol. The Kier molecular flexibility index (Phi) is 5.69. The van der Waals surface area contributed by atoms with E-state index in [4.69, 9.17) is 4.74 Å². The topological polar surface area (TPSA) is 59.1 Å². The van der Waals surface area contributed by atoms with Gasteiger partial charge in [0.1, 0.15) is 23.2 Å². The van der Waals surface area contributed by atoms with Crippen LogP contribution in [0.25, 0.3) is 0 Å². The highest BCUT2D eigenvalue weighted by Crippen LogP contribution is 2.21. The second-order valence-corrected chi connectivity index (χ2v) is 6.03. The lowest BCUT2D eigenvalue weighted by Crippen LogP contribution is -2.06. The summed E-state index contributed by atoms with van der Waals surface area (Å²) in [6, 6.07) is 18.2. The maximum absolute atomic E-state index is 5.39. The smallest absolute Gasteiger partial charge is 0.136 e. The maximum Gasteiger partial charge on any atom is 0.136 e. The largest absolute Gasteiger partial charge is 0.496 e. The van der Waals surface area contributed by atoms with Crippen LogP contribution in [0, 0.1) is 6.92 Å². The summed E-state index contributed by atoms with van der Waals surface area (Å²) in [5.74, 6) is 3.11. The average molecular weight is 348 g/mol. The van der Waals surface area contributed by atoms with Gasteiger partial charge in [-0.25, -0.2) is 9.97 Å². The van der Waals surface area contributed by atoms with E-state index < -0.39 is 0 Å². The molecule has 2 aromatic carbocycles. The van der Waals surface area contributed by atoms with Crippen molar-refractivity contribution in [3.05, 3.63) is 71.5 Å². The molecule has 0 atom stereocenters. The predicted molar refractivity (Wildman–Crippen MR) is 106 cm³/mol. The summed E-state index contributed by atoms with van der Waals surface area (Å²) in [6.45, 7) is 4.67. The molecule has 0 aliphatic heterocycles. The van der Waals surface area contributed by atoms with E-state index >= 15 is 0 Å². The lowest BCUT2D eigenvalue weighted by atomic mass is 10.1. The lowest BCUT2D eigenvalue weighted by Gasteiger charge is -2.12. The summed E-state index contributed by atoms with van der Waals surface area (Å²) < 4.78 is 5.39. The van der Waals surface area contributed by atoms with Gasteiger partial charge in [0.05, 0.1) is 7.11 Å².